The summed E-state index contributed by atoms with van der Waals surface area (Å²) in [6.45, 7) is 5.63. The lowest BCUT2D eigenvalue weighted by molar-refractivity contribution is -0.115. The number of aryl methyl sites for hydroxylation is 2. The number of amides is 1. The summed E-state index contributed by atoms with van der Waals surface area (Å²) < 4.78 is 1.67. The van der Waals surface area contributed by atoms with Gasteiger partial charge in [-0.3, -0.25) is 4.79 Å². The van der Waals surface area contributed by atoms with Crippen molar-refractivity contribution in [2.75, 3.05) is 5.32 Å². The number of halogens is 1. The number of carbonyl (C=O) groups is 1. The Kier molecular flexibility index (Phi) is 4.68. The molecule has 0 aliphatic heterocycles. The molecule has 0 saturated carbocycles. The predicted octanol–water partition coefficient (Wildman–Crippen LogP) is 2.91. The van der Waals surface area contributed by atoms with Crippen molar-refractivity contribution in [2.45, 2.75) is 31.2 Å². The summed E-state index contributed by atoms with van der Waals surface area (Å²) >= 11 is 7.04. The number of fused-ring (bicyclic) bond motifs is 1. The molecule has 0 saturated heterocycles. The van der Waals surface area contributed by atoms with Crippen molar-refractivity contribution in [3.05, 3.63) is 40.8 Å². The minimum atomic E-state index is -0.388. The van der Waals surface area contributed by atoms with Gasteiger partial charge in [0.1, 0.15) is 5.82 Å². The average Bonchev–Trinajstić information content (AvgIpc) is 2.92. The molecule has 3 aromatic rings. The van der Waals surface area contributed by atoms with E-state index in [0.29, 0.717) is 21.8 Å². The van der Waals surface area contributed by atoms with Crippen LogP contribution in [0.3, 0.4) is 0 Å². The van der Waals surface area contributed by atoms with Gasteiger partial charge in [0.25, 0.3) is 5.78 Å². The lowest BCUT2D eigenvalue weighted by Gasteiger charge is -2.09. The molecule has 0 fully saturated rings. The summed E-state index contributed by atoms with van der Waals surface area (Å²) in [6, 6.07) is 5.25. The molecule has 9 heteroatoms. The molecule has 0 aliphatic rings. The van der Waals surface area contributed by atoms with Gasteiger partial charge in [-0.25, -0.2) is 14.5 Å². The van der Waals surface area contributed by atoms with Crippen molar-refractivity contribution < 1.29 is 4.79 Å². The van der Waals surface area contributed by atoms with E-state index in [1.165, 1.54) is 18.0 Å². The highest BCUT2D eigenvalue weighted by molar-refractivity contribution is 8.00. The highest BCUT2D eigenvalue weighted by atomic mass is 35.5. The van der Waals surface area contributed by atoms with Gasteiger partial charge in [-0.15, -0.1) is 5.10 Å². The SMILES string of the molecule is Cc1cc(C)n2nc(S[C@@H](C)C(=O)Nc3ccc(Cl)cn3)nc2n1. The molecule has 1 atom stereocenters. The van der Waals surface area contributed by atoms with Gasteiger partial charge < -0.3 is 5.32 Å². The van der Waals surface area contributed by atoms with Gasteiger partial charge in [-0.1, -0.05) is 23.4 Å². The zero-order chi connectivity index (χ0) is 17.3. The topological polar surface area (TPSA) is 85.1 Å². The summed E-state index contributed by atoms with van der Waals surface area (Å²) in [5, 5.41) is 7.75. The lowest BCUT2D eigenvalue weighted by Crippen LogP contribution is -2.23. The van der Waals surface area contributed by atoms with Crippen LogP contribution < -0.4 is 5.32 Å². The minimum absolute atomic E-state index is 0.186. The fourth-order valence-corrected chi connectivity index (χ4v) is 2.94. The van der Waals surface area contributed by atoms with Crippen molar-refractivity contribution in [3.63, 3.8) is 0 Å². The van der Waals surface area contributed by atoms with Crippen LogP contribution in [0.15, 0.2) is 29.6 Å². The first-order valence-corrected chi connectivity index (χ1v) is 8.48. The Morgan fingerprint density at radius 3 is 2.83 bits per heavy atom. The smallest absolute Gasteiger partial charge is 0.253 e. The first kappa shape index (κ1) is 16.7. The van der Waals surface area contributed by atoms with E-state index in [1.807, 2.05) is 19.9 Å². The number of nitrogens with zero attached hydrogens (tertiary/aromatic N) is 5. The fourth-order valence-electron chi connectivity index (χ4n) is 2.09. The van der Waals surface area contributed by atoms with Crippen molar-refractivity contribution in [1.82, 2.24) is 24.6 Å². The molecule has 0 aromatic carbocycles. The molecule has 24 heavy (non-hydrogen) atoms. The third-order valence-corrected chi connectivity index (χ3v) is 4.40. The first-order chi connectivity index (χ1) is 11.4. The number of pyridine rings is 1. The van der Waals surface area contributed by atoms with E-state index in [1.54, 1.807) is 23.6 Å². The Hall–Kier alpha value is -2.19. The Balaban J connectivity index is 1.72. The summed E-state index contributed by atoms with van der Waals surface area (Å²) in [5.41, 5.74) is 1.82. The number of anilines is 1. The number of nitrogens with one attached hydrogen (secondary N) is 1. The fraction of sp³-hybridized carbons (Fsp3) is 0.267. The second-order valence-electron chi connectivity index (χ2n) is 5.26. The number of aromatic nitrogens is 5. The van der Waals surface area contributed by atoms with Crippen LogP contribution in [0.25, 0.3) is 5.78 Å². The maximum Gasteiger partial charge on any atom is 0.253 e. The van der Waals surface area contributed by atoms with Crippen molar-refractivity contribution in [1.29, 1.82) is 0 Å². The molecule has 0 unspecified atom stereocenters. The molecule has 1 amide bonds. The normalized spacial score (nSPS) is 12.3. The average molecular weight is 363 g/mol. The zero-order valence-electron chi connectivity index (χ0n) is 13.3. The van der Waals surface area contributed by atoms with E-state index in [9.17, 15) is 4.79 Å². The van der Waals surface area contributed by atoms with Crippen LogP contribution >= 0.6 is 23.4 Å². The van der Waals surface area contributed by atoms with Crippen LogP contribution in [0, 0.1) is 13.8 Å². The predicted molar refractivity (Wildman–Crippen MR) is 93.5 cm³/mol. The summed E-state index contributed by atoms with van der Waals surface area (Å²) in [7, 11) is 0. The molecule has 3 heterocycles. The van der Waals surface area contributed by atoms with Gasteiger partial charge in [0.05, 0.1) is 10.3 Å². The van der Waals surface area contributed by atoms with Gasteiger partial charge >= 0.3 is 0 Å². The quantitative estimate of drug-likeness (QED) is 0.718. The molecule has 3 rings (SSSR count). The van der Waals surface area contributed by atoms with E-state index in [-0.39, 0.29) is 11.2 Å². The standard InChI is InChI=1S/C15H15ClN6OS/c1-8-6-9(2)22-14(18-8)20-15(21-22)24-10(3)13(23)19-12-5-4-11(16)7-17-12/h4-7,10H,1-3H3,(H,17,19,23)/t10-/m0/s1. The van der Waals surface area contributed by atoms with E-state index in [2.05, 4.69) is 25.4 Å². The molecule has 0 spiro atoms. The molecule has 3 aromatic heterocycles. The van der Waals surface area contributed by atoms with Crippen molar-refractivity contribution in [2.24, 2.45) is 0 Å². The highest BCUT2D eigenvalue weighted by Crippen LogP contribution is 2.22. The van der Waals surface area contributed by atoms with Crippen LogP contribution in [0.4, 0.5) is 5.82 Å². The molecule has 1 N–H and O–H groups in total. The molecule has 124 valence electrons. The number of rotatable bonds is 4. The molecule has 7 nitrogen and oxygen atoms in total. The number of hydrogen-bond donors (Lipinski definition) is 1. The lowest BCUT2D eigenvalue weighted by atomic mass is 10.4. The maximum absolute atomic E-state index is 12.3. The maximum atomic E-state index is 12.3. The van der Waals surface area contributed by atoms with Crippen LogP contribution in [0.1, 0.15) is 18.3 Å². The van der Waals surface area contributed by atoms with Crippen molar-refractivity contribution >= 4 is 40.9 Å². The van der Waals surface area contributed by atoms with Crippen LogP contribution in [0.5, 0.6) is 0 Å². The van der Waals surface area contributed by atoms with Gasteiger partial charge in [0, 0.05) is 17.6 Å². The van der Waals surface area contributed by atoms with Gasteiger partial charge in [0.15, 0.2) is 0 Å². The summed E-state index contributed by atoms with van der Waals surface area (Å²) in [5.74, 6) is 0.796. The van der Waals surface area contributed by atoms with Gasteiger partial charge in [-0.05, 0) is 39.0 Å². The zero-order valence-corrected chi connectivity index (χ0v) is 14.9. The summed E-state index contributed by atoms with van der Waals surface area (Å²) in [6.07, 6.45) is 1.48. The monoisotopic (exact) mass is 362 g/mol. The van der Waals surface area contributed by atoms with E-state index in [4.69, 9.17) is 11.6 Å². The Labute approximate surface area is 147 Å². The third-order valence-electron chi connectivity index (χ3n) is 3.23. The molecular formula is C15H15ClN6OS. The van der Waals surface area contributed by atoms with Gasteiger partial charge in [-0.2, -0.15) is 4.98 Å². The van der Waals surface area contributed by atoms with Gasteiger partial charge in [0.2, 0.25) is 11.1 Å². The van der Waals surface area contributed by atoms with Crippen molar-refractivity contribution in [3.8, 4) is 0 Å². The second-order valence-corrected chi connectivity index (χ2v) is 7.00. The van der Waals surface area contributed by atoms with Crippen LogP contribution in [0.2, 0.25) is 5.02 Å². The molecule has 0 aliphatic carbocycles. The first-order valence-electron chi connectivity index (χ1n) is 7.22. The number of hydrogen-bond acceptors (Lipinski definition) is 6. The number of thioether (sulfide) groups is 1. The van der Waals surface area contributed by atoms with Crippen LogP contribution in [-0.4, -0.2) is 35.7 Å². The summed E-state index contributed by atoms with van der Waals surface area (Å²) in [4.78, 5) is 25.0. The number of carbonyl (C=O) groups excluding carboxylic acids is 1. The molecular weight excluding hydrogens is 348 g/mol. The van der Waals surface area contributed by atoms with E-state index < -0.39 is 0 Å². The van der Waals surface area contributed by atoms with E-state index >= 15 is 0 Å². The highest BCUT2D eigenvalue weighted by Gasteiger charge is 2.18. The Morgan fingerprint density at radius 2 is 2.12 bits per heavy atom. The Morgan fingerprint density at radius 1 is 1.33 bits per heavy atom. The Bertz CT molecular complexity index is 895. The molecule has 0 radical (unpaired) electrons. The van der Waals surface area contributed by atoms with Crippen LogP contribution in [-0.2, 0) is 4.79 Å². The molecule has 0 bridgehead atoms. The minimum Gasteiger partial charge on any atom is -0.310 e. The third kappa shape index (κ3) is 3.65. The second kappa shape index (κ2) is 6.74. The largest absolute Gasteiger partial charge is 0.310 e. The van der Waals surface area contributed by atoms with E-state index in [0.717, 1.165) is 11.4 Å².